The van der Waals surface area contributed by atoms with Gasteiger partial charge < -0.3 is 19.3 Å². The van der Waals surface area contributed by atoms with E-state index < -0.39 is 23.8 Å². The van der Waals surface area contributed by atoms with Gasteiger partial charge in [0.15, 0.2) is 0 Å². The van der Waals surface area contributed by atoms with Crippen LogP contribution in [0.5, 0.6) is 0 Å². The molecule has 178 valence electrons. The Balaban J connectivity index is 1.61. The van der Waals surface area contributed by atoms with Crippen molar-refractivity contribution in [3.05, 3.63) is 65.7 Å². The number of carbonyl (C=O) groups is 2. The molecule has 0 saturated carbocycles. The highest BCUT2D eigenvalue weighted by atomic mass is 19.4. The number of rotatable bonds is 8. The zero-order valence-electron chi connectivity index (χ0n) is 18.4. The van der Waals surface area contributed by atoms with Gasteiger partial charge in [-0.3, -0.25) is 4.79 Å². The van der Waals surface area contributed by atoms with E-state index in [1.54, 1.807) is 0 Å². The number of benzene rings is 2. The van der Waals surface area contributed by atoms with Crippen LogP contribution >= 0.6 is 0 Å². The van der Waals surface area contributed by atoms with Crippen molar-refractivity contribution in [1.82, 2.24) is 4.90 Å². The monoisotopic (exact) mass is 464 g/mol. The number of amides is 1. The molecule has 0 aromatic heterocycles. The van der Waals surface area contributed by atoms with Crippen LogP contribution in [0, 0.1) is 0 Å². The van der Waals surface area contributed by atoms with E-state index in [9.17, 15) is 22.8 Å². The summed E-state index contributed by atoms with van der Waals surface area (Å²) in [6.07, 6.45) is -3.98. The zero-order chi connectivity index (χ0) is 23.8. The van der Waals surface area contributed by atoms with Gasteiger partial charge in [0.05, 0.1) is 19.3 Å². The lowest BCUT2D eigenvalue weighted by atomic mass is 10.1. The molecule has 3 rings (SSSR count). The minimum absolute atomic E-state index is 0.138. The first-order valence-electron chi connectivity index (χ1n) is 10.7. The fraction of sp³-hybridized carbons (Fsp3) is 0.417. The highest BCUT2D eigenvalue weighted by Crippen LogP contribution is 2.31. The van der Waals surface area contributed by atoms with Gasteiger partial charge in [0.1, 0.15) is 6.04 Å². The Morgan fingerprint density at radius 2 is 1.73 bits per heavy atom. The molecule has 1 atom stereocenters. The van der Waals surface area contributed by atoms with Crippen LogP contribution in [-0.2, 0) is 31.8 Å². The van der Waals surface area contributed by atoms with Crippen molar-refractivity contribution >= 4 is 17.6 Å². The van der Waals surface area contributed by atoms with Crippen molar-refractivity contribution in [3.63, 3.8) is 0 Å². The normalized spacial score (nSPS) is 15.8. The molecule has 1 aliphatic heterocycles. The van der Waals surface area contributed by atoms with E-state index in [1.807, 2.05) is 35.2 Å². The first kappa shape index (κ1) is 24.6. The van der Waals surface area contributed by atoms with Gasteiger partial charge in [0.2, 0.25) is 5.91 Å². The summed E-state index contributed by atoms with van der Waals surface area (Å²) in [5.41, 5.74) is 0.878. The average Bonchev–Trinajstić information content (AvgIpc) is 3.00. The van der Waals surface area contributed by atoms with E-state index in [4.69, 9.17) is 9.47 Å². The van der Waals surface area contributed by atoms with Gasteiger partial charge in [-0.25, -0.2) is 4.79 Å². The lowest BCUT2D eigenvalue weighted by molar-refractivity contribution is -0.153. The summed E-state index contributed by atoms with van der Waals surface area (Å²) in [7, 11) is 1.27. The van der Waals surface area contributed by atoms with Gasteiger partial charge in [0, 0.05) is 44.8 Å². The van der Waals surface area contributed by atoms with Crippen molar-refractivity contribution in [2.24, 2.45) is 0 Å². The molecule has 1 heterocycles. The third-order valence-corrected chi connectivity index (χ3v) is 5.58. The number of ether oxygens (including phenoxy) is 2. The molecule has 0 radical (unpaired) electrons. The predicted octanol–water partition coefficient (Wildman–Crippen LogP) is 3.89. The molecule has 1 fully saturated rings. The number of carbonyl (C=O) groups excluding carboxylic acids is 2. The number of nitrogens with zero attached hydrogens (tertiary/aromatic N) is 2. The van der Waals surface area contributed by atoms with Crippen molar-refractivity contribution < 1.29 is 32.2 Å². The van der Waals surface area contributed by atoms with E-state index in [0.717, 1.165) is 17.7 Å². The molecule has 0 N–H and O–H groups in total. The van der Waals surface area contributed by atoms with Crippen LogP contribution in [0.2, 0.25) is 0 Å². The van der Waals surface area contributed by atoms with E-state index in [0.29, 0.717) is 25.4 Å². The standard InChI is InChI=1S/C24H27F3N2O4/c1-32-23(31)21(12-16-33-17-18-5-3-2-4-6-18)29-15-14-28(13-11-22(29)30)20-9-7-19(8-10-20)24(25,26)27/h2-10,21H,11-17H2,1H3. The van der Waals surface area contributed by atoms with E-state index in [1.165, 1.54) is 24.1 Å². The van der Waals surface area contributed by atoms with Gasteiger partial charge in [-0.1, -0.05) is 30.3 Å². The minimum atomic E-state index is -4.40. The summed E-state index contributed by atoms with van der Waals surface area (Å²) in [4.78, 5) is 28.6. The summed E-state index contributed by atoms with van der Waals surface area (Å²) in [5, 5.41) is 0. The number of hydrogen-bond acceptors (Lipinski definition) is 5. The van der Waals surface area contributed by atoms with E-state index in [2.05, 4.69) is 0 Å². The van der Waals surface area contributed by atoms with Gasteiger partial charge in [-0.15, -0.1) is 0 Å². The molecule has 1 aliphatic rings. The molecule has 2 aromatic carbocycles. The second-order valence-corrected chi connectivity index (χ2v) is 7.73. The zero-order valence-corrected chi connectivity index (χ0v) is 18.4. The fourth-order valence-electron chi connectivity index (χ4n) is 3.78. The Morgan fingerprint density at radius 3 is 2.36 bits per heavy atom. The van der Waals surface area contributed by atoms with Crippen LogP contribution in [0.1, 0.15) is 24.0 Å². The number of halogens is 3. The third-order valence-electron chi connectivity index (χ3n) is 5.58. The molecule has 6 nitrogen and oxygen atoms in total. The smallest absolute Gasteiger partial charge is 0.416 e. The summed E-state index contributed by atoms with van der Waals surface area (Å²) in [5.74, 6) is -0.725. The number of anilines is 1. The lowest BCUT2D eigenvalue weighted by Crippen LogP contribution is -2.47. The Kier molecular flexibility index (Phi) is 8.32. The van der Waals surface area contributed by atoms with Crippen molar-refractivity contribution in [3.8, 4) is 0 Å². The second-order valence-electron chi connectivity index (χ2n) is 7.73. The summed E-state index contributed by atoms with van der Waals surface area (Å²) in [6, 6.07) is 13.7. The van der Waals surface area contributed by atoms with Crippen LogP contribution in [0.25, 0.3) is 0 Å². The molecule has 1 saturated heterocycles. The third kappa shape index (κ3) is 6.71. The Labute approximate surface area is 190 Å². The minimum Gasteiger partial charge on any atom is -0.467 e. The molecule has 0 bridgehead atoms. The molecule has 1 amide bonds. The maximum absolute atomic E-state index is 12.8. The first-order chi connectivity index (χ1) is 15.8. The molecule has 2 aromatic rings. The van der Waals surface area contributed by atoms with Gasteiger partial charge in [-0.2, -0.15) is 13.2 Å². The highest BCUT2D eigenvalue weighted by molar-refractivity contribution is 5.85. The second kappa shape index (κ2) is 11.2. The molecule has 33 heavy (non-hydrogen) atoms. The molecular formula is C24H27F3N2O4. The van der Waals surface area contributed by atoms with Crippen molar-refractivity contribution in [2.75, 3.05) is 38.3 Å². The van der Waals surface area contributed by atoms with Crippen LogP contribution in [0.4, 0.5) is 18.9 Å². The SMILES string of the molecule is COC(=O)C(CCOCc1ccccc1)N1CCN(c2ccc(C(F)(F)F)cc2)CCC1=O. The van der Waals surface area contributed by atoms with Gasteiger partial charge in [0.25, 0.3) is 0 Å². The Morgan fingerprint density at radius 1 is 1.03 bits per heavy atom. The van der Waals surface area contributed by atoms with Crippen molar-refractivity contribution in [1.29, 1.82) is 0 Å². The molecule has 0 spiro atoms. The van der Waals surface area contributed by atoms with E-state index in [-0.39, 0.29) is 31.9 Å². The number of methoxy groups -OCH3 is 1. The Bertz CT molecular complexity index is 920. The summed E-state index contributed by atoms with van der Waals surface area (Å²) >= 11 is 0. The average molecular weight is 464 g/mol. The van der Waals surface area contributed by atoms with Crippen LogP contribution in [0.15, 0.2) is 54.6 Å². The predicted molar refractivity (Wildman–Crippen MR) is 117 cm³/mol. The van der Waals surface area contributed by atoms with Gasteiger partial charge >= 0.3 is 12.1 Å². The lowest BCUT2D eigenvalue weighted by Gasteiger charge is -2.29. The first-order valence-corrected chi connectivity index (χ1v) is 10.7. The van der Waals surface area contributed by atoms with Crippen LogP contribution in [-0.4, -0.2) is 56.2 Å². The van der Waals surface area contributed by atoms with Crippen LogP contribution in [0.3, 0.4) is 0 Å². The molecule has 9 heteroatoms. The summed E-state index contributed by atoms with van der Waals surface area (Å²) in [6.45, 7) is 1.64. The van der Waals surface area contributed by atoms with Gasteiger partial charge in [-0.05, 0) is 29.8 Å². The van der Waals surface area contributed by atoms with Crippen LogP contribution < -0.4 is 4.90 Å². The molecule has 1 unspecified atom stereocenters. The number of alkyl halides is 3. The van der Waals surface area contributed by atoms with E-state index >= 15 is 0 Å². The molecule has 0 aliphatic carbocycles. The molecular weight excluding hydrogens is 437 g/mol. The van der Waals surface area contributed by atoms with Crippen molar-refractivity contribution in [2.45, 2.75) is 31.7 Å². The highest BCUT2D eigenvalue weighted by Gasteiger charge is 2.33. The quantitative estimate of drug-likeness (QED) is 0.438. The largest absolute Gasteiger partial charge is 0.467 e. The number of hydrogen-bond donors (Lipinski definition) is 0. The fourth-order valence-corrected chi connectivity index (χ4v) is 3.78. The maximum Gasteiger partial charge on any atom is 0.416 e. The summed E-state index contributed by atoms with van der Waals surface area (Å²) < 4.78 is 49.1. The number of esters is 1. The topological polar surface area (TPSA) is 59.1 Å². The Hall–Kier alpha value is -3.07. The maximum atomic E-state index is 12.8.